The maximum atomic E-state index is 13.1. The van der Waals surface area contributed by atoms with Crippen molar-refractivity contribution in [1.82, 2.24) is 4.57 Å². The molecule has 0 spiro atoms. The molecule has 41 heavy (non-hydrogen) atoms. The second-order valence-electron chi connectivity index (χ2n) is 10.2. The van der Waals surface area contributed by atoms with Crippen LogP contribution in [0, 0.1) is 0 Å². The zero-order valence-electron chi connectivity index (χ0n) is 23.5. The number of aryl methyl sites for hydroxylation is 1. The fourth-order valence-electron chi connectivity index (χ4n) is 5.13. The second-order valence-corrected chi connectivity index (χ2v) is 10.2. The Morgan fingerprint density at radius 3 is 2.05 bits per heavy atom. The van der Waals surface area contributed by atoms with Crippen molar-refractivity contribution in [2.75, 3.05) is 0 Å². The Morgan fingerprint density at radius 1 is 0.732 bits per heavy atom. The number of Topliss-reactive ketones (excluding diaryl/α,β-unsaturated/α-hetero) is 1. The SMILES string of the molecule is CCCCCc1ccc2c(c1)c1cc(C(=O)C(C)=NOC(C)=O)ccc1n2-c1ccc(C(=O)c2ccccc2)cc1. The lowest BCUT2D eigenvalue weighted by molar-refractivity contribution is -0.140. The van der Waals surface area contributed by atoms with E-state index in [0.717, 1.165) is 46.8 Å². The van der Waals surface area contributed by atoms with E-state index in [1.165, 1.54) is 25.8 Å². The van der Waals surface area contributed by atoms with Gasteiger partial charge < -0.3 is 9.40 Å². The first kappa shape index (κ1) is 27.7. The highest BCUT2D eigenvalue weighted by molar-refractivity contribution is 6.45. The summed E-state index contributed by atoms with van der Waals surface area (Å²) in [5, 5.41) is 5.66. The minimum absolute atomic E-state index is 0.0231. The Bertz CT molecular complexity index is 1780. The van der Waals surface area contributed by atoms with Crippen LogP contribution in [-0.2, 0) is 16.1 Å². The van der Waals surface area contributed by atoms with Crippen LogP contribution in [0.4, 0.5) is 0 Å². The van der Waals surface area contributed by atoms with Crippen molar-refractivity contribution in [3.05, 3.63) is 113 Å². The van der Waals surface area contributed by atoms with E-state index in [0.29, 0.717) is 16.7 Å². The first-order chi connectivity index (χ1) is 19.9. The lowest BCUT2D eigenvalue weighted by Gasteiger charge is -2.10. The van der Waals surface area contributed by atoms with Gasteiger partial charge in [-0.25, -0.2) is 4.79 Å². The predicted octanol–water partition coefficient (Wildman–Crippen LogP) is 7.87. The van der Waals surface area contributed by atoms with Crippen LogP contribution >= 0.6 is 0 Å². The quantitative estimate of drug-likeness (QED) is 0.0589. The number of hydrogen-bond donors (Lipinski definition) is 0. The molecule has 0 bridgehead atoms. The molecule has 0 aliphatic heterocycles. The summed E-state index contributed by atoms with van der Waals surface area (Å²) < 4.78 is 2.16. The Hall–Kier alpha value is -4.84. The van der Waals surface area contributed by atoms with E-state index >= 15 is 0 Å². The van der Waals surface area contributed by atoms with Gasteiger partial charge in [0.15, 0.2) is 5.78 Å². The molecule has 0 amide bonds. The summed E-state index contributed by atoms with van der Waals surface area (Å²) in [5.74, 6) is -0.912. The number of benzene rings is 4. The first-order valence-electron chi connectivity index (χ1n) is 13.9. The Labute approximate surface area is 239 Å². The Morgan fingerprint density at radius 2 is 1.37 bits per heavy atom. The van der Waals surface area contributed by atoms with Crippen LogP contribution < -0.4 is 0 Å². The van der Waals surface area contributed by atoms with Crippen LogP contribution in [0.1, 0.15) is 71.9 Å². The van der Waals surface area contributed by atoms with Crippen molar-refractivity contribution in [2.45, 2.75) is 46.5 Å². The molecule has 0 aliphatic rings. The predicted molar refractivity (Wildman–Crippen MR) is 163 cm³/mol. The van der Waals surface area contributed by atoms with Gasteiger partial charge in [-0.3, -0.25) is 9.59 Å². The summed E-state index contributed by atoms with van der Waals surface area (Å²) in [7, 11) is 0. The third-order valence-electron chi connectivity index (χ3n) is 7.22. The molecule has 0 radical (unpaired) electrons. The summed E-state index contributed by atoms with van der Waals surface area (Å²) in [4.78, 5) is 41.9. The largest absolute Gasteiger partial charge is 0.331 e. The monoisotopic (exact) mass is 544 g/mol. The maximum absolute atomic E-state index is 13.1. The van der Waals surface area contributed by atoms with E-state index in [1.54, 1.807) is 6.07 Å². The Balaban J connectivity index is 1.60. The number of oxime groups is 1. The minimum Gasteiger partial charge on any atom is -0.318 e. The van der Waals surface area contributed by atoms with Crippen LogP contribution in [0.5, 0.6) is 0 Å². The second kappa shape index (κ2) is 12.1. The van der Waals surface area contributed by atoms with Gasteiger partial charge in [0, 0.05) is 40.1 Å². The number of nitrogens with zero attached hydrogens (tertiary/aromatic N) is 2. The molecule has 0 atom stereocenters. The lowest BCUT2D eigenvalue weighted by Crippen LogP contribution is -2.11. The summed E-state index contributed by atoms with van der Waals surface area (Å²) in [6.45, 7) is 4.97. The molecule has 1 heterocycles. The molecule has 0 fully saturated rings. The molecule has 6 nitrogen and oxygen atoms in total. The molecule has 0 unspecified atom stereocenters. The first-order valence-corrected chi connectivity index (χ1v) is 13.9. The molecule has 0 N–H and O–H groups in total. The van der Waals surface area contributed by atoms with Crippen molar-refractivity contribution in [3.63, 3.8) is 0 Å². The standard InChI is InChI=1S/C35H32N2O4/c1-4-5-7-10-25-13-19-32-30(21-25)31-22-28(34(39)23(2)36-41-24(3)38)16-20-33(31)37(32)29-17-14-27(15-18-29)35(40)26-11-8-6-9-12-26/h6,8-9,11-22H,4-5,7,10H2,1-3H3. The molecular weight excluding hydrogens is 512 g/mol. The maximum Gasteiger partial charge on any atom is 0.331 e. The highest BCUT2D eigenvalue weighted by atomic mass is 16.7. The topological polar surface area (TPSA) is 77.7 Å². The zero-order chi connectivity index (χ0) is 28.9. The molecule has 6 heteroatoms. The molecule has 1 aromatic heterocycles. The normalized spacial score (nSPS) is 11.6. The van der Waals surface area contributed by atoms with Crippen molar-refractivity contribution in [2.24, 2.45) is 5.16 Å². The average molecular weight is 545 g/mol. The number of hydrogen-bond acceptors (Lipinski definition) is 5. The van der Waals surface area contributed by atoms with E-state index < -0.39 is 5.97 Å². The van der Waals surface area contributed by atoms with Gasteiger partial charge in [0.25, 0.3) is 0 Å². The molecule has 0 saturated carbocycles. The van der Waals surface area contributed by atoms with E-state index in [1.807, 2.05) is 66.7 Å². The lowest BCUT2D eigenvalue weighted by atomic mass is 10.0. The van der Waals surface area contributed by atoms with Gasteiger partial charge in [-0.05, 0) is 79.9 Å². The van der Waals surface area contributed by atoms with Gasteiger partial charge in [0.05, 0.1) is 11.0 Å². The number of carbonyl (C=O) groups excluding carboxylic acids is 3. The highest BCUT2D eigenvalue weighted by Crippen LogP contribution is 2.34. The summed E-state index contributed by atoms with van der Waals surface area (Å²) >= 11 is 0. The number of ketones is 2. The molecule has 0 saturated heterocycles. The van der Waals surface area contributed by atoms with E-state index in [2.05, 4.69) is 39.7 Å². The van der Waals surface area contributed by atoms with Gasteiger partial charge in [-0.2, -0.15) is 0 Å². The molecule has 4 aromatic carbocycles. The number of carbonyl (C=O) groups is 3. The van der Waals surface area contributed by atoms with Gasteiger partial charge in [0.1, 0.15) is 5.71 Å². The van der Waals surface area contributed by atoms with Crippen LogP contribution in [0.25, 0.3) is 27.5 Å². The van der Waals surface area contributed by atoms with E-state index in [-0.39, 0.29) is 17.3 Å². The van der Waals surface area contributed by atoms with Crippen molar-refractivity contribution < 1.29 is 19.2 Å². The summed E-state index contributed by atoms with van der Waals surface area (Å²) in [5.41, 5.74) is 5.95. The minimum atomic E-state index is -0.581. The number of rotatable bonds is 10. The highest BCUT2D eigenvalue weighted by Gasteiger charge is 2.18. The van der Waals surface area contributed by atoms with Gasteiger partial charge in [-0.15, -0.1) is 0 Å². The molecule has 5 aromatic rings. The van der Waals surface area contributed by atoms with Crippen LogP contribution in [0.15, 0.2) is 96.2 Å². The van der Waals surface area contributed by atoms with Gasteiger partial charge >= 0.3 is 5.97 Å². The van der Waals surface area contributed by atoms with Crippen LogP contribution in [0.3, 0.4) is 0 Å². The van der Waals surface area contributed by atoms with Crippen molar-refractivity contribution in [3.8, 4) is 5.69 Å². The third kappa shape index (κ3) is 5.87. The zero-order valence-corrected chi connectivity index (χ0v) is 23.5. The molecule has 0 aliphatic carbocycles. The van der Waals surface area contributed by atoms with Crippen LogP contribution in [0.2, 0.25) is 0 Å². The fraction of sp³-hybridized carbons (Fsp3) is 0.200. The fourth-order valence-corrected chi connectivity index (χ4v) is 5.13. The Kier molecular flexibility index (Phi) is 8.20. The summed E-state index contributed by atoms with van der Waals surface area (Å²) in [6.07, 6.45) is 4.43. The van der Waals surface area contributed by atoms with Crippen molar-refractivity contribution in [1.29, 1.82) is 0 Å². The molecule has 206 valence electrons. The van der Waals surface area contributed by atoms with Crippen molar-refractivity contribution >= 4 is 45.1 Å². The molecular formula is C35H32N2O4. The van der Waals surface area contributed by atoms with Gasteiger partial charge in [-0.1, -0.05) is 61.3 Å². The molecule has 5 rings (SSSR count). The number of unbranched alkanes of at least 4 members (excludes halogenated alkanes) is 2. The van der Waals surface area contributed by atoms with E-state index in [4.69, 9.17) is 0 Å². The number of aromatic nitrogens is 1. The average Bonchev–Trinajstić information content (AvgIpc) is 3.32. The third-order valence-corrected chi connectivity index (χ3v) is 7.22. The van der Waals surface area contributed by atoms with E-state index in [9.17, 15) is 14.4 Å². The number of fused-ring (bicyclic) bond motifs is 3. The smallest absolute Gasteiger partial charge is 0.318 e. The van der Waals surface area contributed by atoms with Gasteiger partial charge in [0.2, 0.25) is 5.78 Å². The summed E-state index contributed by atoms with van der Waals surface area (Å²) in [6, 6.07) is 29.0. The van der Waals surface area contributed by atoms with Crippen LogP contribution in [-0.4, -0.2) is 27.8 Å².